The number of fused-ring (bicyclic) bond motifs is 1. The summed E-state index contributed by atoms with van der Waals surface area (Å²) in [4.78, 5) is 5.11. The summed E-state index contributed by atoms with van der Waals surface area (Å²) in [5.74, 6) is 1.02. The Kier molecular flexibility index (Phi) is 4.20. The van der Waals surface area contributed by atoms with Crippen LogP contribution in [0, 0.1) is 6.92 Å². The third kappa shape index (κ3) is 2.56. The van der Waals surface area contributed by atoms with Gasteiger partial charge in [0.1, 0.15) is 5.75 Å². The molecule has 1 unspecified atom stereocenters. The van der Waals surface area contributed by atoms with Crippen molar-refractivity contribution < 1.29 is 4.74 Å². The minimum atomic E-state index is -0.0422. The lowest BCUT2D eigenvalue weighted by Gasteiger charge is -2.49. The molecule has 2 heterocycles. The Morgan fingerprint density at radius 1 is 1.24 bits per heavy atom. The number of aryl methyl sites for hydroxylation is 1. The molecule has 4 nitrogen and oxygen atoms in total. The first kappa shape index (κ1) is 14.8. The summed E-state index contributed by atoms with van der Waals surface area (Å²) >= 11 is 0. The third-order valence-electron chi connectivity index (χ3n) is 5.17. The van der Waals surface area contributed by atoms with E-state index in [-0.39, 0.29) is 5.54 Å². The summed E-state index contributed by atoms with van der Waals surface area (Å²) in [6.45, 7) is 11.4. The molecular weight excluding hydrogens is 262 g/mol. The molecule has 1 saturated heterocycles. The standard InChI is InChI=1S/C17H27N3O/c1-3-19-7-9-20(10-8-19)17(13-18)6-11-21-16-5-4-14(2)12-15(16)17/h4-5,12H,3,6-11,13,18H2,1-2H3. The van der Waals surface area contributed by atoms with Crippen LogP contribution in [0.25, 0.3) is 0 Å². The number of benzene rings is 1. The van der Waals surface area contributed by atoms with Gasteiger partial charge in [-0.05, 0) is 19.5 Å². The van der Waals surface area contributed by atoms with Crippen LogP contribution in [-0.4, -0.2) is 55.7 Å². The molecule has 2 N–H and O–H groups in total. The topological polar surface area (TPSA) is 41.7 Å². The van der Waals surface area contributed by atoms with Gasteiger partial charge in [-0.2, -0.15) is 0 Å². The monoisotopic (exact) mass is 289 g/mol. The molecular formula is C17H27N3O. The maximum absolute atomic E-state index is 6.29. The second kappa shape index (κ2) is 5.95. The van der Waals surface area contributed by atoms with E-state index in [2.05, 4.69) is 41.8 Å². The lowest BCUT2D eigenvalue weighted by Crippen LogP contribution is -2.59. The van der Waals surface area contributed by atoms with E-state index in [1.165, 1.54) is 11.1 Å². The molecule has 116 valence electrons. The summed E-state index contributed by atoms with van der Waals surface area (Å²) in [6, 6.07) is 6.50. The summed E-state index contributed by atoms with van der Waals surface area (Å²) in [5.41, 5.74) is 8.82. The number of hydrogen-bond donors (Lipinski definition) is 1. The smallest absolute Gasteiger partial charge is 0.124 e. The molecule has 2 aliphatic rings. The van der Waals surface area contributed by atoms with Crippen molar-refractivity contribution in [3.8, 4) is 5.75 Å². The number of likely N-dealkylation sites (N-methyl/N-ethyl adjacent to an activating group) is 1. The zero-order valence-electron chi connectivity index (χ0n) is 13.3. The second-order valence-electron chi connectivity index (χ2n) is 6.26. The maximum atomic E-state index is 6.29. The fourth-order valence-corrected chi connectivity index (χ4v) is 3.76. The van der Waals surface area contributed by atoms with E-state index in [4.69, 9.17) is 10.5 Å². The Hall–Kier alpha value is -1.10. The van der Waals surface area contributed by atoms with Gasteiger partial charge in [-0.3, -0.25) is 4.90 Å². The summed E-state index contributed by atoms with van der Waals surface area (Å²) in [6.07, 6.45) is 0.992. The molecule has 0 aliphatic carbocycles. The molecule has 0 aromatic heterocycles. The lowest BCUT2D eigenvalue weighted by atomic mass is 9.81. The van der Waals surface area contributed by atoms with Crippen molar-refractivity contribution in [1.29, 1.82) is 0 Å². The average molecular weight is 289 g/mol. The number of nitrogens with zero attached hydrogens (tertiary/aromatic N) is 2. The number of nitrogens with two attached hydrogens (primary N) is 1. The number of ether oxygens (including phenoxy) is 1. The molecule has 2 aliphatic heterocycles. The Balaban J connectivity index is 1.93. The molecule has 0 bridgehead atoms. The van der Waals surface area contributed by atoms with E-state index < -0.39 is 0 Å². The number of hydrogen-bond acceptors (Lipinski definition) is 4. The zero-order valence-corrected chi connectivity index (χ0v) is 13.3. The molecule has 0 saturated carbocycles. The SMILES string of the molecule is CCN1CCN(C2(CN)CCOc3ccc(C)cc32)CC1. The molecule has 4 heteroatoms. The highest BCUT2D eigenvalue weighted by Crippen LogP contribution is 2.41. The summed E-state index contributed by atoms with van der Waals surface area (Å²) in [7, 11) is 0. The quantitative estimate of drug-likeness (QED) is 0.917. The van der Waals surface area contributed by atoms with Gasteiger partial charge in [0, 0.05) is 44.7 Å². The highest BCUT2D eigenvalue weighted by molar-refractivity contribution is 5.44. The molecule has 3 rings (SSSR count). The fraction of sp³-hybridized carbons (Fsp3) is 0.647. The van der Waals surface area contributed by atoms with Gasteiger partial charge in [0.05, 0.1) is 12.1 Å². The Labute approximate surface area is 127 Å². The predicted molar refractivity (Wildman–Crippen MR) is 85.7 cm³/mol. The van der Waals surface area contributed by atoms with Gasteiger partial charge in [0.25, 0.3) is 0 Å². The van der Waals surface area contributed by atoms with Gasteiger partial charge in [0.2, 0.25) is 0 Å². The first-order valence-corrected chi connectivity index (χ1v) is 8.11. The maximum Gasteiger partial charge on any atom is 0.124 e. The fourth-order valence-electron chi connectivity index (χ4n) is 3.76. The normalized spacial score (nSPS) is 27.2. The Morgan fingerprint density at radius 2 is 2.00 bits per heavy atom. The van der Waals surface area contributed by atoms with Crippen LogP contribution >= 0.6 is 0 Å². The molecule has 21 heavy (non-hydrogen) atoms. The lowest BCUT2D eigenvalue weighted by molar-refractivity contribution is 0.00918. The first-order valence-electron chi connectivity index (χ1n) is 8.11. The van der Waals surface area contributed by atoms with Crippen LogP contribution in [0.2, 0.25) is 0 Å². The highest BCUT2D eigenvalue weighted by atomic mass is 16.5. The Morgan fingerprint density at radius 3 is 2.67 bits per heavy atom. The van der Waals surface area contributed by atoms with Crippen LogP contribution in [-0.2, 0) is 5.54 Å². The largest absolute Gasteiger partial charge is 0.493 e. The van der Waals surface area contributed by atoms with E-state index in [1.54, 1.807) is 0 Å². The highest BCUT2D eigenvalue weighted by Gasteiger charge is 2.42. The van der Waals surface area contributed by atoms with Crippen LogP contribution in [0.4, 0.5) is 0 Å². The molecule has 1 atom stereocenters. The molecule has 1 aromatic carbocycles. The van der Waals surface area contributed by atoms with Crippen LogP contribution < -0.4 is 10.5 Å². The molecule has 0 spiro atoms. The van der Waals surface area contributed by atoms with Gasteiger partial charge >= 0.3 is 0 Å². The van der Waals surface area contributed by atoms with Gasteiger partial charge in [-0.15, -0.1) is 0 Å². The van der Waals surface area contributed by atoms with Crippen molar-refractivity contribution in [3.05, 3.63) is 29.3 Å². The van der Waals surface area contributed by atoms with E-state index in [0.29, 0.717) is 6.54 Å². The van der Waals surface area contributed by atoms with Gasteiger partial charge in [0.15, 0.2) is 0 Å². The van der Waals surface area contributed by atoms with Crippen LogP contribution in [0.3, 0.4) is 0 Å². The van der Waals surface area contributed by atoms with Gasteiger partial charge < -0.3 is 15.4 Å². The Bertz CT molecular complexity index is 497. The zero-order chi connectivity index (χ0) is 14.9. The molecule has 0 amide bonds. The minimum Gasteiger partial charge on any atom is -0.493 e. The third-order valence-corrected chi connectivity index (χ3v) is 5.17. The van der Waals surface area contributed by atoms with E-state index in [0.717, 1.165) is 51.5 Å². The number of rotatable bonds is 3. The van der Waals surface area contributed by atoms with Crippen molar-refractivity contribution in [2.75, 3.05) is 45.9 Å². The average Bonchev–Trinajstić information content (AvgIpc) is 2.54. The predicted octanol–water partition coefficient (Wildman–Crippen LogP) is 1.57. The van der Waals surface area contributed by atoms with E-state index in [1.807, 2.05) is 0 Å². The number of piperazine rings is 1. The first-order chi connectivity index (χ1) is 10.2. The van der Waals surface area contributed by atoms with Gasteiger partial charge in [-0.25, -0.2) is 0 Å². The van der Waals surface area contributed by atoms with Crippen LogP contribution in [0.15, 0.2) is 18.2 Å². The van der Waals surface area contributed by atoms with Crippen molar-refractivity contribution in [2.45, 2.75) is 25.8 Å². The van der Waals surface area contributed by atoms with Crippen molar-refractivity contribution in [2.24, 2.45) is 5.73 Å². The second-order valence-corrected chi connectivity index (χ2v) is 6.26. The van der Waals surface area contributed by atoms with Crippen molar-refractivity contribution in [3.63, 3.8) is 0 Å². The van der Waals surface area contributed by atoms with E-state index >= 15 is 0 Å². The van der Waals surface area contributed by atoms with Crippen LogP contribution in [0.5, 0.6) is 5.75 Å². The van der Waals surface area contributed by atoms with E-state index in [9.17, 15) is 0 Å². The minimum absolute atomic E-state index is 0.0422. The molecule has 0 radical (unpaired) electrons. The van der Waals surface area contributed by atoms with Crippen molar-refractivity contribution >= 4 is 0 Å². The molecule has 1 fully saturated rings. The van der Waals surface area contributed by atoms with Crippen molar-refractivity contribution in [1.82, 2.24) is 9.80 Å². The van der Waals surface area contributed by atoms with Crippen LogP contribution in [0.1, 0.15) is 24.5 Å². The molecule has 1 aromatic rings. The van der Waals surface area contributed by atoms with Gasteiger partial charge in [-0.1, -0.05) is 24.6 Å². The summed E-state index contributed by atoms with van der Waals surface area (Å²) < 4.78 is 5.88. The summed E-state index contributed by atoms with van der Waals surface area (Å²) in [5, 5.41) is 0.